The number of aromatic nitrogens is 2. The fourth-order valence-electron chi connectivity index (χ4n) is 2.19. The average Bonchev–Trinajstić information content (AvgIpc) is 2.94. The molecular weight excluding hydrogens is 246 g/mol. The molecule has 3 nitrogen and oxygen atoms in total. The van der Waals surface area contributed by atoms with E-state index < -0.39 is 0 Å². The first-order valence-corrected chi connectivity index (χ1v) is 6.45. The van der Waals surface area contributed by atoms with E-state index in [-0.39, 0.29) is 0 Å². The summed E-state index contributed by atoms with van der Waals surface area (Å²) in [6, 6.07) is 22.1. The van der Waals surface area contributed by atoms with E-state index in [1.54, 1.807) is 0 Å². The zero-order valence-electron chi connectivity index (χ0n) is 10.9. The standard InChI is InChI=1S/C17H13N3/c18-12-11-17-16(14-7-3-1-4-8-14)13-20(19-17)15-9-5-2-6-10-15/h1-10,13H,11H2. The molecule has 2 aromatic carbocycles. The third-order valence-corrected chi connectivity index (χ3v) is 3.14. The first-order valence-electron chi connectivity index (χ1n) is 6.45. The Labute approximate surface area is 117 Å². The van der Waals surface area contributed by atoms with E-state index in [9.17, 15) is 0 Å². The molecule has 20 heavy (non-hydrogen) atoms. The summed E-state index contributed by atoms with van der Waals surface area (Å²) in [7, 11) is 0. The molecule has 0 saturated heterocycles. The summed E-state index contributed by atoms with van der Waals surface area (Å²) in [6.07, 6.45) is 2.29. The van der Waals surface area contributed by atoms with Crippen LogP contribution in [0.2, 0.25) is 0 Å². The summed E-state index contributed by atoms with van der Waals surface area (Å²) >= 11 is 0. The first-order chi connectivity index (χ1) is 9.88. The van der Waals surface area contributed by atoms with Crippen molar-refractivity contribution >= 4 is 0 Å². The van der Waals surface area contributed by atoms with Gasteiger partial charge >= 0.3 is 0 Å². The Morgan fingerprint density at radius 2 is 1.60 bits per heavy atom. The fraction of sp³-hybridized carbons (Fsp3) is 0.0588. The van der Waals surface area contributed by atoms with Crippen LogP contribution in [0.3, 0.4) is 0 Å². The van der Waals surface area contributed by atoms with E-state index in [0.29, 0.717) is 6.42 Å². The van der Waals surface area contributed by atoms with Gasteiger partial charge in [-0.15, -0.1) is 0 Å². The Kier molecular flexibility index (Phi) is 3.30. The summed E-state index contributed by atoms with van der Waals surface area (Å²) in [6.45, 7) is 0. The first kappa shape index (κ1) is 12.2. The van der Waals surface area contributed by atoms with Gasteiger partial charge in [-0.25, -0.2) is 4.68 Å². The lowest BCUT2D eigenvalue weighted by Gasteiger charge is -1.99. The average molecular weight is 259 g/mol. The summed E-state index contributed by atoms with van der Waals surface area (Å²) in [5.74, 6) is 0. The van der Waals surface area contributed by atoms with Crippen LogP contribution in [0.5, 0.6) is 0 Å². The Morgan fingerprint density at radius 1 is 0.950 bits per heavy atom. The topological polar surface area (TPSA) is 41.6 Å². The molecule has 3 heteroatoms. The van der Waals surface area contributed by atoms with Crippen molar-refractivity contribution in [2.45, 2.75) is 6.42 Å². The van der Waals surface area contributed by atoms with Crippen LogP contribution in [0, 0.1) is 11.3 Å². The molecule has 0 aliphatic rings. The van der Waals surface area contributed by atoms with Crippen LogP contribution < -0.4 is 0 Å². The van der Waals surface area contributed by atoms with Crippen molar-refractivity contribution < 1.29 is 0 Å². The van der Waals surface area contributed by atoms with Crippen molar-refractivity contribution in [1.82, 2.24) is 9.78 Å². The number of para-hydroxylation sites is 1. The van der Waals surface area contributed by atoms with Gasteiger partial charge in [-0.3, -0.25) is 0 Å². The molecule has 3 aromatic rings. The summed E-state index contributed by atoms with van der Waals surface area (Å²) in [5, 5.41) is 13.5. The van der Waals surface area contributed by atoms with Crippen LogP contribution in [0.25, 0.3) is 16.8 Å². The second-order valence-electron chi connectivity index (χ2n) is 4.47. The van der Waals surface area contributed by atoms with E-state index in [0.717, 1.165) is 22.5 Å². The number of nitriles is 1. The molecule has 0 bridgehead atoms. The second kappa shape index (κ2) is 5.41. The highest BCUT2D eigenvalue weighted by atomic mass is 15.3. The molecule has 0 spiro atoms. The molecule has 0 saturated carbocycles. The minimum Gasteiger partial charge on any atom is -0.240 e. The monoisotopic (exact) mass is 259 g/mol. The van der Waals surface area contributed by atoms with Gasteiger partial charge in [-0.05, 0) is 17.7 Å². The highest BCUT2D eigenvalue weighted by Gasteiger charge is 2.11. The molecule has 0 atom stereocenters. The SMILES string of the molecule is N#CCc1nn(-c2ccccc2)cc1-c1ccccc1. The van der Waals surface area contributed by atoms with Crippen LogP contribution in [-0.4, -0.2) is 9.78 Å². The number of hydrogen-bond acceptors (Lipinski definition) is 2. The molecule has 0 unspecified atom stereocenters. The molecule has 0 aliphatic carbocycles. The highest BCUT2D eigenvalue weighted by molar-refractivity contribution is 5.66. The Morgan fingerprint density at radius 3 is 2.25 bits per heavy atom. The van der Waals surface area contributed by atoms with Gasteiger partial charge in [0.25, 0.3) is 0 Å². The Hall–Kier alpha value is -2.86. The summed E-state index contributed by atoms with van der Waals surface area (Å²) in [4.78, 5) is 0. The van der Waals surface area contributed by atoms with Crippen LogP contribution in [0.4, 0.5) is 0 Å². The molecular formula is C17H13N3. The van der Waals surface area contributed by atoms with Crippen molar-refractivity contribution in [3.8, 4) is 22.9 Å². The smallest absolute Gasteiger partial charge is 0.0847 e. The predicted octanol–water partition coefficient (Wildman–Crippen LogP) is 3.61. The highest BCUT2D eigenvalue weighted by Crippen LogP contribution is 2.24. The predicted molar refractivity (Wildman–Crippen MR) is 78.3 cm³/mol. The summed E-state index contributed by atoms with van der Waals surface area (Å²) < 4.78 is 1.83. The molecule has 0 radical (unpaired) electrons. The van der Waals surface area contributed by atoms with Gasteiger partial charge in [0.2, 0.25) is 0 Å². The van der Waals surface area contributed by atoms with Crippen molar-refractivity contribution in [3.63, 3.8) is 0 Å². The minimum absolute atomic E-state index is 0.310. The number of nitrogens with zero attached hydrogens (tertiary/aromatic N) is 3. The van der Waals surface area contributed by atoms with Crippen LogP contribution in [0.15, 0.2) is 66.9 Å². The van der Waals surface area contributed by atoms with E-state index in [2.05, 4.69) is 11.2 Å². The maximum Gasteiger partial charge on any atom is 0.0847 e. The van der Waals surface area contributed by atoms with Crippen LogP contribution >= 0.6 is 0 Å². The normalized spacial score (nSPS) is 10.2. The van der Waals surface area contributed by atoms with E-state index in [4.69, 9.17) is 5.26 Å². The molecule has 0 amide bonds. The molecule has 1 heterocycles. The number of rotatable bonds is 3. The lowest BCUT2D eigenvalue weighted by molar-refractivity contribution is 0.853. The van der Waals surface area contributed by atoms with Gasteiger partial charge < -0.3 is 0 Å². The molecule has 0 aliphatic heterocycles. The van der Waals surface area contributed by atoms with Crippen molar-refractivity contribution in [3.05, 3.63) is 72.6 Å². The van der Waals surface area contributed by atoms with E-state index in [1.807, 2.05) is 71.5 Å². The van der Waals surface area contributed by atoms with Crippen molar-refractivity contribution in [2.75, 3.05) is 0 Å². The lowest BCUT2D eigenvalue weighted by atomic mass is 10.1. The van der Waals surface area contributed by atoms with Crippen LogP contribution in [-0.2, 0) is 6.42 Å². The zero-order valence-corrected chi connectivity index (χ0v) is 10.9. The Balaban J connectivity index is 2.11. The van der Waals surface area contributed by atoms with Gasteiger partial charge in [-0.2, -0.15) is 10.4 Å². The quantitative estimate of drug-likeness (QED) is 0.721. The third-order valence-electron chi connectivity index (χ3n) is 3.14. The summed E-state index contributed by atoms with van der Waals surface area (Å²) in [5.41, 5.74) is 3.90. The largest absolute Gasteiger partial charge is 0.240 e. The van der Waals surface area contributed by atoms with E-state index >= 15 is 0 Å². The van der Waals surface area contributed by atoms with Gasteiger partial charge in [0.15, 0.2) is 0 Å². The molecule has 0 fully saturated rings. The zero-order chi connectivity index (χ0) is 13.8. The molecule has 96 valence electrons. The van der Waals surface area contributed by atoms with Crippen molar-refractivity contribution in [1.29, 1.82) is 5.26 Å². The van der Waals surface area contributed by atoms with Gasteiger partial charge in [-0.1, -0.05) is 48.5 Å². The minimum atomic E-state index is 0.310. The van der Waals surface area contributed by atoms with Gasteiger partial charge in [0, 0.05) is 11.8 Å². The second-order valence-corrected chi connectivity index (χ2v) is 4.47. The third kappa shape index (κ3) is 2.32. The van der Waals surface area contributed by atoms with Gasteiger partial charge in [0.1, 0.15) is 0 Å². The maximum atomic E-state index is 8.97. The lowest BCUT2D eigenvalue weighted by Crippen LogP contribution is -1.95. The van der Waals surface area contributed by atoms with Gasteiger partial charge in [0.05, 0.1) is 23.9 Å². The number of hydrogen-bond donors (Lipinski definition) is 0. The maximum absolute atomic E-state index is 8.97. The Bertz CT molecular complexity index is 737. The number of benzene rings is 2. The fourth-order valence-corrected chi connectivity index (χ4v) is 2.19. The van der Waals surface area contributed by atoms with E-state index in [1.165, 1.54) is 0 Å². The van der Waals surface area contributed by atoms with Crippen molar-refractivity contribution in [2.24, 2.45) is 0 Å². The van der Waals surface area contributed by atoms with Crippen LogP contribution in [0.1, 0.15) is 5.69 Å². The molecule has 0 N–H and O–H groups in total. The molecule has 3 rings (SSSR count). The molecule has 1 aromatic heterocycles.